The first-order valence-electron chi connectivity index (χ1n) is 4.47. The van der Waals surface area contributed by atoms with Crippen LogP contribution in [-0.4, -0.2) is 18.3 Å². The summed E-state index contributed by atoms with van der Waals surface area (Å²) in [6, 6.07) is 10.1. The first-order valence-corrected chi connectivity index (χ1v) is 6.22. The van der Waals surface area contributed by atoms with Crippen LogP contribution in [0, 0.1) is 6.92 Å². The van der Waals surface area contributed by atoms with Crippen molar-refractivity contribution in [2.45, 2.75) is 13.5 Å². The molecule has 0 saturated carbocycles. The summed E-state index contributed by atoms with van der Waals surface area (Å²) in [6.45, 7) is 2.63. The van der Waals surface area contributed by atoms with Crippen molar-refractivity contribution in [2.24, 2.45) is 0 Å². The normalized spacial score (nSPS) is 10.4. The quantitative estimate of drug-likeness (QED) is 0.737. The molecule has 0 atom stereocenters. The molecule has 0 unspecified atom stereocenters. The third-order valence-corrected chi connectivity index (χ3v) is 4.21. The second-order valence-electron chi connectivity index (χ2n) is 3.23. The van der Waals surface area contributed by atoms with Crippen molar-refractivity contribution in [2.75, 3.05) is 0 Å². The van der Waals surface area contributed by atoms with Crippen molar-refractivity contribution in [3.63, 3.8) is 0 Å². The molecule has 0 saturated heterocycles. The topological polar surface area (TPSA) is 22.0 Å². The van der Waals surface area contributed by atoms with E-state index in [1.54, 1.807) is 0 Å². The summed E-state index contributed by atoms with van der Waals surface area (Å²) >= 11 is 0.205. The van der Waals surface area contributed by atoms with Crippen LogP contribution in [-0.2, 0) is 6.54 Å². The van der Waals surface area contributed by atoms with Gasteiger partial charge in [-0.3, -0.25) is 0 Å². The molecule has 0 aliphatic carbocycles. The second kappa shape index (κ2) is 3.99. The van der Waals surface area contributed by atoms with Crippen molar-refractivity contribution in [1.29, 1.82) is 0 Å². The van der Waals surface area contributed by atoms with Gasteiger partial charge in [-0.25, -0.2) is 0 Å². The Morgan fingerprint density at radius 1 is 1.29 bits per heavy atom. The van der Waals surface area contributed by atoms with E-state index in [0.29, 0.717) is 0 Å². The average Bonchev–Trinajstić information content (AvgIpc) is 2.52. The molecular weight excluding hydrogens is 241 g/mol. The predicted octanol–water partition coefficient (Wildman–Crippen LogP) is 1.26. The third-order valence-electron chi connectivity index (χ3n) is 2.09. The average molecular weight is 252 g/mol. The zero-order valence-corrected chi connectivity index (χ0v) is 9.65. The van der Waals surface area contributed by atoms with Crippen LogP contribution in [0.4, 0.5) is 0 Å². The maximum absolute atomic E-state index is 11.6. The summed E-state index contributed by atoms with van der Waals surface area (Å²) in [5.74, 6) is 0. The molecule has 2 aromatic rings. The fourth-order valence-electron chi connectivity index (χ4n) is 1.30. The molecule has 1 aromatic heterocycles. The molecule has 2 nitrogen and oxygen atoms in total. The molecule has 3 heteroatoms. The molecular formula is C11H11NOSe. The van der Waals surface area contributed by atoms with Crippen molar-refractivity contribution in [3.05, 3.63) is 56.8 Å². The number of nitrogens with zero attached hydrogens (tertiary/aromatic N) is 1. The Balaban J connectivity index is 2.28. The van der Waals surface area contributed by atoms with Crippen molar-refractivity contribution < 1.29 is 0 Å². The summed E-state index contributed by atoms with van der Waals surface area (Å²) in [5, 5.41) is 0. The van der Waals surface area contributed by atoms with Crippen LogP contribution in [0.15, 0.2) is 40.1 Å². The Bertz CT molecular complexity index is 470. The fourth-order valence-corrected chi connectivity index (χ4v) is 3.08. The zero-order valence-electron chi connectivity index (χ0n) is 7.93. The van der Waals surface area contributed by atoms with Crippen molar-refractivity contribution in [3.8, 4) is 0 Å². The van der Waals surface area contributed by atoms with Crippen molar-refractivity contribution in [1.82, 2.24) is 3.56 Å². The van der Waals surface area contributed by atoms with Gasteiger partial charge in [-0.05, 0) is 0 Å². The van der Waals surface area contributed by atoms with Crippen LogP contribution in [0.1, 0.15) is 11.1 Å². The van der Waals surface area contributed by atoms with Gasteiger partial charge in [0, 0.05) is 0 Å². The van der Waals surface area contributed by atoms with Gasteiger partial charge < -0.3 is 0 Å². The third kappa shape index (κ3) is 1.89. The molecule has 0 amide bonds. The molecule has 0 aliphatic heterocycles. The van der Waals surface area contributed by atoms with Gasteiger partial charge in [0.1, 0.15) is 0 Å². The van der Waals surface area contributed by atoms with Crippen LogP contribution < -0.4 is 5.56 Å². The maximum atomic E-state index is 11.6. The zero-order chi connectivity index (χ0) is 9.97. The van der Waals surface area contributed by atoms with E-state index in [2.05, 4.69) is 12.1 Å². The molecule has 0 N–H and O–H groups in total. The Hall–Kier alpha value is -1.05. The molecule has 0 spiro atoms. The van der Waals surface area contributed by atoms with Crippen LogP contribution in [0.3, 0.4) is 0 Å². The Labute approximate surface area is 88.8 Å². The molecule has 2 rings (SSSR count). The van der Waals surface area contributed by atoms with E-state index in [1.807, 2.05) is 33.6 Å². The SMILES string of the molecule is Cc1c[se]n(Cc2ccccc2)c1=O. The predicted molar refractivity (Wildman–Crippen MR) is 57.9 cm³/mol. The first kappa shape index (κ1) is 9.50. The van der Waals surface area contributed by atoms with Crippen molar-refractivity contribution >= 4 is 14.7 Å². The number of aromatic nitrogens is 1. The van der Waals surface area contributed by atoms with Crippen LogP contribution in [0.2, 0.25) is 0 Å². The number of rotatable bonds is 2. The fraction of sp³-hybridized carbons (Fsp3) is 0.182. The van der Waals surface area contributed by atoms with Gasteiger partial charge in [-0.2, -0.15) is 0 Å². The molecule has 1 aromatic carbocycles. The number of benzene rings is 1. The van der Waals surface area contributed by atoms with Gasteiger partial charge in [-0.1, -0.05) is 0 Å². The Kier molecular flexibility index (Phi) is 2.71. The van der Waals surface area contributed by atoms with E-state index >= 15 is 0 Å². The van der Waals surface area contributed by atoms with Gasteiger partial charge >= 0.3 is 88.5 Å². The minimum absolute atomic E-state index is 0.189. The van der Waals surface area contributed by atoms with E-state index in [9.17, 15) is 4.79 Å². The molecule has 0 fully saturated rings. The molecule has 0 aliphatic rings. The Morgan fingerprint density at radius 2 is 2.00 bits per heavy atom. The summed E-state index contributed by atoms with van der Waals surface area (Å²) in [5.41, 5.74) is 2.28. The molecule has 1 heterocycles. The Morgan fingerprint density at radius 3 is 2.57 bits per heavy atom. The van der Waals surface area contributed by atoms with E-state index in [0.717, 1.165) is 12.1 Å². The molecule has 0 radical (unpaired) electrons. The summed E-state index contributed by atoms with van der Waals surface area (Å²) in [7, 11) is 0. The van der Waals surface area contributed by atoms with E-state index in [1.165, 1.54) is 5.56 Å². The summed E-state index contributed by atoms with van der Waals surface area (Å²) < 4.78 is 1.91. The van der Waals surface area contributed by atoms with E-state index < -0.39 is 0 Å². The van der Waals surface area contributed by atoms with E-state index in [-0.39, 0.29) is 20.3 Å². The standard InChI is InChI=1S/C11H11NOSe/c1-9-8-14-12(11(9)13)7-10-5-3-2-4-6-10/h2-6,8H,7H2,1H3. The van der Waals surface area contributed by atoms with Gasteiger partial charge in [0.2, 0.25) is 0 Å². The molecule has 72 valence electrons. The van der Waals surface area contributed by atoms with Gasteiger partial charge in [0.15, 0.2) is 0 Å². The van der Waals surface area contributed by atoms with Gasteiger partial charge in [-0.15, -0.1) is 0 Å². The monoisotopic (exact) mass is 253 g/mol. The number of hydrogen-bond acceptors (Lipinski definition) is 1. The van der Waals surface area contributed by atoms with Gasteiger partial charge in [0.25, 0.3) is 0 Å². The van der Waals surface area contributed by atoms with Crippen LogP contribution >= 0.6 is 0 Å². The minimum atomic E-state index is 0.189. The number of hydrogen-bond donors (Lipinski definition) is 0. The first-order chi connectivity index (χ1) is 6.77. The number of aryl methyl sites for hydroxylation is 1. The summed E-state index contributed by atoms with van der Waals surface area (Å²) in [6.07, 6.45) is 0. The molecule has 0 bridgehead atoms. The molecule has 14 heavy (non-hydrogen) atoms. The van der Waals surface area contributed by atoms with Crippen LogP contribution in [0.25, 0.3) is 0 Å². The summed E-state index contributed by atoms with van der Waals surface area (Å²) in [4.78, 5) is 13.6. The second-order valence-corrected chi connectivity index (χ2v) is 5.10. The van der Waals surface area contributed by atoms with E-state index in [4.69, 9.17) is 0 Å². The van der Waals surface area contributed by atoms with Crippen LogP contribution in [0.5, 0.6) is 0 Å². The van der Waals surface area contributed by atoms with Gasteiger partial charge in [0.05, 0.1) is 0 Å².